The summed E-state index contributed by atoms with van der Waals surface area (Å²) in [6.45, 7) is 0.472. The van der Waals surface area contributed by atoms with Gasteiger partial charge in [0, 0.05) is 10.0 Å². The molecule has 3 heteroatoms. The summed E-state index contributed by atoms with van der Waals surface area (Å²) in [5.74, 6) is -0.190. The maximum atomic E-state index is 13.0. The first-order valence-electron chi connectivity index (χ1n) is 3.38. The highest BCUT2D eigenvalue weighted by atomic mass is 79.9. The van der Waals surface area contributed by atoms with Crippen molar-refractivity contribution >= 4 is 15.9 Å². The van der Waals surface area contributed by atoms with E-state index in [1.807, 2.05) is 6.07 Å². The highest BCUT2D eigenvalue weighted by molar-refractivity contribution is 9.10. The van der Waals surface area contributed by atoms with Gasteiger partial charge >= 0.3 is 0 Å². The number of rotatable bonds is 2. The molecule has 0 aliphatic carbocycles. The third-order valence-electron chi connectivity index (χ3n) is 1.46. The van der Waals surface area contributed by atoms with Gasteiger partial charge in [0.2, 0.25) is 0 Å². The minimum Gasteiger partial charge on any atom is -0.330 e. The number of nitrogens with two attached hydrogens (primary N) is 1. The molecule has 0 atom stereocenters. The fraction of sp³-hybridized carbons (Fsp3) is 0.250. The first kappa shape index (κ1) is 8.68. The second-order valence-corrected chi connectivity index (χ2v) is 3.09. The molecular formula is C8H9BrFN. The summed E-state index contributed by atoms with van der Waals surface area (Å²) in [5, 5.41) is 0. The maximum absolute atomic E-state index is 13.0. The fourth-order valence-electron chi connectivity index (χ4n) is 0.916. The van der Waals surface area contributed by atoms with Crippen LogP contribution in [0.2, 0.25) is 0 Å². The Bertz CT molecular complexity index is 230. The molecule has 0 amide bonds. The van der Waals surface area contributed by atoms with E-state index in [4.69, 9.17) is 5.73 Å². The molecule has 1 nitrogen and oxygen atoms in total. The fourth-order valence-corrected chi connectivity index (χ4v) is 1.46. The summed E-state index contributed by atoms with van der Waals surface area (Å²) in [6, 6.07) is 4.92. The zero-order chi connectivity index (χ0) is 8.27. The Kier molecular flexibility index (Phi) is 3.02. The van der Waals surface area contributed by atoms with Crippen molar-refractivity contribution in [3.63, 3.8) is 0 Å². The molecule has 2 N–H and O–H groups in total. The van der Waals surface area contributed by atoms with E-state index in [1.165, 1.54) is 6.07 Å². The average molecular weight is 218 g/mol. The summed E-state index contributed by atoms with van der Waals surface area (Å²) in [7, 11) is 0. The lowest BCUT2D eigenvalue weighted by Gasteiger charge is -2.02. The van der Waals surface area contributed by atoms with E-state index < -0.39 is 0 Å². The first-order valence-corrected chi connectivity index (χ1v) is 4.18. The van der Waals surface area contributed by atoms with Crippen LogP contribution in [0.15, 0.2) is 22.7 Å². The molecular weight excluding hydrogens is 209 g/mol. The Morgan fingerprint density at radius 3 is 2.73 bits per heavy atom. The summed E-state index contributed by atoms with van der Waals surface area (Å²) in [4.78, 5) is 0. The molecule has 60 valence electrons. The lowest BCUT2D eigenvalue weighted by molar-refractivity contribution is 0.608. The molecule has 0 aliphatic heterocycles. The van der Waals surface area contributed by atoms with Crippen LogP contribution in [0.1, 0.15) is 5.56 Å². The Labute approximate surface area is 73.5 Å². The van der Waals surface area contributed by atoms with E-state index in [9.17, 15) is 4.39 Å². The molecule has 0 saturated heterocycles. The van der Waals surface area contributed by atoms with Crippen LogP contribution in [-0.2, 0) is 6.42 Å². The Balaban J connectivity index is 3.00. The molecule has 1 rings (SSSR count). The van der Waals surface area contributed by atoms with E-state index in [-0.39, 0.29) is 5.82 Å². The Morgan fingerprint density at radius 1 is 1.45 bits per heavy atom. The van der Waals surface area contributed by atoms with Crippen LogP contribution >= 0.6 is 15.9 Å². The maximum Gasteiger partial charge on any atom is 0.127 e. The molecule has 1 aromatic carbocycles. The van der Waals surface area contributed by atoms with Crippen LogP contribution < -0.4 is 5.73 Å². The lowest BCUT2D eigenvalue weighted by atomic mass is 10.1. The van der Waals surface area contributed by atoms with Crippen LogP contribution in [0.3, 0.4) is 0 Å². The molecule has 0 unspecified atom stereocenters. The highest BCUT2D eigenvalue weighted by Crippen LogP contribution is 2.19. The van der Waals surface area contributed by atoms with E-state index in [2.05, 4.69) is 15.9 Å². The van der Waals surface area contributed by atoms with Gasteiger partial charge in [-0.3, -0.25) is 0 Å². The largest absolute Gasteiger partial charge is 0.330 e. The van der Waals surface area contributed by atoms with Crippen LogP contribution in [0.5, 0.6) is 0 Å². The highest BCUT2D eigenvalue weighted by Gasteiger charge is 2.03. The van der Waals surface area contributed by atoms with E-state index in [1.54, 1.807) is 6.07 Å². The third kappa shape index (κ3) is 2.01. The van der Waals surface area contributed by atoms with Gasteiger partial charge in [-0.1, -0.05) is 22.0 Å². The molecule has 0 aliphatic rings. The first-order chi connectivity index (χ1) is 5.25. The van der Waals surface area contributed by atoms with Crippen molar-refractivity contribution in [2.24, 2.45) is 5.73 Å². The summed E-state index contributed by atoms with van der Waals surface area (Å²) >= 11 is 3.25. The lowest BCUT2D eigenvalue weighted by Crippen LogP contribution is -2.04. The Morgan fingerprint density at radius 2 is 2.18 bits per heavy atom. The van der Waals surface area contributed by atoms with Crippen LogP contribution in [0.4, 0.5) is 4.39 Å². The summed E-state index contributed by atoms with van der Waals surface area (Å²) < 4.78 is 13.7. The van der Waals surface area contributed by atoms with E-state index in [0.29, 0.717) is 18.5 Å². The van der Waals surface area contributed by atoms with Gasteiger partial charge in [-0.2, -0.15) is 0 Å². The molecule has 0 radical (unpaired) electrons. The number of hydrogen-bond donors (Lipinski definition) is 1. The predicted molar refractivity (Wildman–Crippen MR) is 46.9 cm³/mol. The van der Waals surface area contributed by atoms with E-state index in [0.717, 1.165) is 4.47 Å². The molecule has 0 spiro atoms. The molecule has 0 fully saturated rings. The number of benzene rings is 1. The third-order valence-corrected chi connectivity index (χ3v) is 2.20. The van der Waals surface area contributed by atoms with Gasteiger partial charge in [0.1, 0.15) is 5.82 Å². The van der Waals surface area contributed by atoms with Crippen molar-refractivity contribution in [2.45, 2.75) is 6.42 Å². The molecule has 0 aromatic heterocycles. The van der Waals surface area contributed by atoms with Gasteiger partial charge in [0.15, 0.2) is 0 Å². The second-order valence-electron chi connectivity index (χ2n) is 2.24. The van der Waals surface area contributed by atoms with Gasteiger partial charge in [-0.05, 0) is 25.1 Å². The van der Waals surface area contributed by atoms with Crippen LogP contribution in [-0.4, -0.2) is 6.54 Å². The number of hydrogen-bond acceptors (Lipinski definition) is 1. The predicted octanol–water partition coefficient (Wildman–Crippen LogP) is 2.09. The van der Waals surface area contributed by atoms with Gasteiger partial charge in [-0.15, -0.1) is 0 Å². The van der Waals surface area contributed by atoms with E-state index >= 15 is 0 Å². The van der Waals surface area contributed by atoms with Gasteiger partial charge < -0.3 is 5.73 Å². The smallest absolute Gasteiger partial charge is 0.127 e. The molecule has 0 saturated carbocycles. The molecule has 1 aromatic rings. The zero-order valence-electron chi connectivity index (χ0n) is 5.98. The van der Waals surface area contributed by atoms with Crippen LogP contribution in [0, 0.1) is 5.82 Å². The average Bonchev–Trinajstić information content (AvgIpc) is 1.97. The van der Waals surface area contributed by atoms with Crippen molar-refractivity contribution < 1.29 is 4.39 Å². The zero-order valence-corrected chi connectivity index (χ0v) is 7.57. The quantitative estimate of drug-likeness (QED) is 0.807. The standard InChI is InChI=1S/C8H9BrFN/c9-7-2-1-3-8(10)6(7)4-5-11/h1-3H,4-5,11H2. The monoisotopic (exact) mass is 217 g/mol. The normalized spacial score (nSPS) is 10.1. The number of halogens is 2. The van der Waals surface area contributed by atoms with Crippen molar-refractivity contribution in [2.75, 3.05) is 6.54 Å². The van der Waals surface area contributed by atoms with Crippen LogP contribution in [0.25, 0.3) is 0 Å². The van der Waals surface area contributed by atoms with Crippen molar-refractivity contribution in [1.82, 2.24) is 0 Å². The summed E-state index contributed by atoms with van der Waals surface area (Å²) in [6.07, 6.45) is 0.577. The van der Waals surface area contributed by atoms with Gasteiger partial charge in [0.05, 0.1) is 0 Å². The van der Waals surface area contributed by atoms with Crippen molar-refractivity contribution in [3.8, 4) is 0 Å². The SMILES string of the molecule is NCCc1c(F)cccc1Br. The summed E-state index contributed by atoms with van der Waals surface area (Å²) in [5.41, 5.74) is 5.97. The second kappa shape index (κ2) is 3.83. The van der Waals surface area contributed by atoms with Gasteiger partial charge in [0.25, 0.3) is 0 Å². The van der Waals surface area contributed by atoms with Crippen molar-refractivity contribution in [1.29, 1.82) is 0 Å². The Hall–Kier alpha value is -0.410. The molecule has 0 heterocycles. The molecule has 11 heavy (non-hydrogen) atoms. The van der Waals surface area contributed by atoms with Crippen molar-refractivity contribution in [3.05, 3.63) is 34.1 Å². The minimum atomic E-state index is -0.190. The minimum absolute atomic E-state index is 0.190. The topological polar surface area (TPSA) is 26.0 Å². The van der Waals surface area contributed by atoms with Gasteiger partial charge in [-0.25, -0.2) is 4.39 Å². The molecule has 0 bridgehead atoms.